The van der Waals surface area contributed by atoms with Crippen molar-refractivity contribution >= 4 is 11.9 Å². The van der Waals surface area contributed by atoms with Crippen molar-refractivity contribution in [2.24, 2.45) is 0 Å². The van der Waals surface area contributed by atoms with Crippen molar-refractivity contribution in [2.45, 2.75) is 52.1 Å². The third-order valence-corrected chi connectivity index (χ3v) is 5.12. The van der Waals surface area contributed by atoms with Crippen LogP contribution in [0.4, 0.5) is 17.6 Å². The van der Waals surface area contributed by atoms with Gasteiger partial charge in [0.1, 0.15) is 5.82 Å². The molecule has 0 spiro atoms. The monoisotopic (exact) mass is 458 g/mol. The highest BCUT2D eigenvalue weighted by molar-refractivity contribution is 5.94. The summed E-state index contributed by atoms with van der Waals surface area (Å²) < 4.78 is 47.9. The van der Waals surface area contributed by atoms with Gasteiger partial charge in [-0.1, -0.05) is 12.1 Å². The Morgan fingerprint density at radius 3 is 2.41 bits per heavy atom. The van der Waals surface area contributed by atoms with E-state index in [4.69, 9.17) is 9.90 Å². The smallest absolute Gasteiger partial charge is 0.475 e. The van der Waals surface area contributed by atoms with E-state index in [1.807, 2.05) is 6.33 Å². The highest BCUT2D eigenvalue weighted by Crippen LogP contribution is 2.20. The summed E-state index contributed by atoms with van der Waals surface area (Å²) in [5.41, 5.74) is 2.18. The molecule has 1 N–H and O–H groups in total. The predicted molar refractivity (Wildman–Crippen MR) is 108 cm³/mol. The van der Waals surface area contributed by atoms with Gasteiger partial charge in [0.15, 0.2) is 0 Å². The lowest BCUT2D eigenvalue weighted by Crippen LogP contribution is -2.32. The molecule has 3 rings (SSSR count). The van der Waals surface area contributed by atoms with Gasteiger partial charge in [-0.2, -0.15) is 13.2 Å². The van der Waals surface area contributed by atoms with E-state index in [9.17, 15) is 22.4 Å². The summed E-state index contributed by atoms with van der Waals surface area (Å²) in [5, 5.41) is 7.12. The number of aryl methyl sites for hydroxylation is 1. The fraction of sp³-hybridized carbons (Fsp3) is 0.476. The summed E-state index contributed by atoms with van der Waals surface area (Å²) in [6, 6.07) is 6.59. The molecular weight excluding hydrogens is 432 g/mol. The van der Waals surface area contributed by atoms with Crippen LogP contribution in [0.3, 0.4) is 0 Å². The number of amides is 1. The van der Waals surface area contributed by atoms with E-state index in [2.05, 4.69) is 35.3 Å². The number of carboxylic acids is 1. The van der Waals surface area contributed by atoms with Crippen molar-refractivity contribution in [3.8, 4) is 0 Å². The summed E-state index contributed by atoms with van der Waals surface area (Å²) >= 11 is 0. The first-order valence-electron chi connectivity index (χ1n) is 9.98. The number of hydrogen-bond donors (Lipinski definition) is 1. The molecule has 1 amide bonds. The Morgan fingerprint density at radius 1 is 1.22 bits per heavy atom. The second kappa shape index (κ2) is 10.6. The summed E-state index contributed by atoms with van der Waals surface area (Å²) in [7, 11) is 2.06. The van der Waals surface area contributed by atoms with Gasteiger partial charge in [0.25, 0.3) is 5.91 Å². The second-order valence-electron chi connectivity index (χ2n) is 7.70. The lowest BCUT2D eigenvalue weighted by atomic mass is 10.1. The van der Waals surface area contributed by atoms with Crippen LogP contribution < -0.4 is 0 Å². The second-order valence-corrected chi connectivity index (χ2v) is 7.70. The first-order chi connectivity index (χ1) is 14.9. The topological polar surface area (TPSA) is 78.7 Å². The van der Waals surface area contributed by atoms with Crippen LogP contribution in [0.2, 0.25) is 0 Å². The number of nitrogens with zero attached hydrogens (tertiary/aromatic N) is 4. The Labute approximate surface area is 183 Å². The van der Waals surface area contributed by atoms with E-state index in [1.165, 1.54) is 6.07 Å². The number of fused-ring (bicyclic) bond motifs is 1. The molecule has 0 radical (unpaired) electrons. The van der Waals surface area contributed by atoms with Gasteiger partial charge in [-0.15, -0.1) is 0 Å². The van der Waals surface area contributed by atoms with E-state index in [-0.39, 0.29) is 11.5 Å². The largest absolute Gasteiger partial charge is 0.490 e. The number of aromatic nitrogens is 2. The summed E-state index contributed by atoms with van der Waals surface area (Å²) in [5.74, 6) is -3.48. The van der Waals surface area contributed by atoms with Gasteiger partial charge in [-0.25, -0.2) is 14.2 Å². The van der Waals surface area contributed by atoms with Gasteiger partial charge in [-0.3, -0.25) is 9.69 Å². The number of carbonyl (C=O) groups excluding carboxylic acids is 1. The molecule has 0 aliphatic carbocycles. The first kappa shape index (κ1) is 25.3. The number of carboxylic acid groups (broad SMARTS) is 1. The van der Waals surface area contributed by atoms with E-state index in [1.54, 1.807) is 23.1 Å². The maximum absolute atomic E-state index is 14.0. The molecule has 1 aromatic carbocycles. The number of hydrogen-bond acceptors (Lipinski definition) is 4. The predicted octanol–water partition coefficient (Wildman–Crippen LogP) is 3.54. The maximum Gasteiger partial charge on any atom is 0.490 e. The fourth-order valence-corrected chi connectivity index (χ4v) is 3.05. The zero-order chi connectivity index (χ0) is 24.1. The summed E-state index contributed by atoms with van der Waals surface area (Å²) in [6.45, 7) is 6.94. The van der Waals surface area contributed by atoms with Crippen LogP contribution in [0.25, 0.3) is 0 Å². The van der Waals surface area contributed by atoms with Crippen molar-refractivity contribution in [1.29, 1.82) is 0 Å². The lowest BCUT2D eigenvalue weighted by Gasteiger charge is -2.23. The molecule has 32 heavy (non-hydrogen) atoms. The molecule has 7 nitrogen and oxygen atoms in total. The van der Waals surface area contributed by atoms with E-state index in [0.29, 0.717) is 19.1 Å². The molecule has 176 valence electrons. The number of aliphatic carboxylic acids is 1. The SMILES string of the molecule is CC(C)N(C)Cc1ncn2c1CN(C(=O)c1ccccc1F)CCC2.O=C(O)C(F)(F)F. The molecule has 1 aromatic heterocycles. The fourth-order valence-electron chi connectivity index (χ4n) is 3.05. The minimum atomic E-state index is -5.08. The number of rotatable bonds is 4. The number of halogens is 4. The first-order valence-corrected chi connectivity index (χ1v) is 9.98. The molecule has 0 bridgehead atoms. The van der Waals surface area contributed by atoms with Crippen molar-refractivity contribution < 1.29 is 32.3 Å². The molecule has 0 atom stereocenters. The molecule has 0 saturated heterocycles. The van der Waals surface area contributed by atoms with Crippen LogP contribution in [0.1, 0.15) is 42.0 Å². The van der Waals surface area contributed by atoms with Crippen LogP contribution in [-0.4, -0.2) is 62.1 Å². The summed E-state index contributed by atoms with van der Waals surface area (Å²) in [4.78, 5) is 30.2. The number of imidazole rings is 1. The number of carbonyl (C=O) groups is 2. The number of benzene rings is 1. The van der Waals surface area contributed by atoms with E-state index >= 15 is 0 Å². The van der Waals surface area contributed by atoms with Gasteiger partial charge in [-0.05, 0) is 39.4 Å². The Hall–Kier alpha value is -2.95. The normalized spacial score (nSPS) is 14.0. The molecule has 0 saturated carbocycles. The molecule has 11 heteroatoms. The van der Waals surface area contributed by atoms with Crippen molar-refractivity contribution in [1.82, 2.24) is 19.4 Å². The highest BCUT2D eigenvalue weighted by Gasteiger charge is 2.38. The van der Waals surface area contributed by atoms with Crippen LogP contribution in [0, 0.1) is 5.82 Å². The van der Waals surface area contributed by atoms with Crippen molar-refractivity contribution in [3.63, 3.8) is 0 Å². The van der Waals surface area contributed by atoms with Gasteiger partial charge in [0.05, 0.1) is 29.8 Å². The van der Waals surface area contributed by atoms with Crippen LogP contribution in [0.5, 0.6) is 0 Å². The molecule has 0 fully saturated rings. The van der Waals surface area contributed by atoms with Gasteiger partial charge in [0.2, 0.25) is 0 Å². The molecule has 2 heterocycles. The third-order valence-electron chi connectivity index (χ3n) is 5.12. The van der Waals surface area contributed by atoms with E-state index in [0.717, 1.165) is 30.9 Å². The Morgan fingerprint density at radius 2 is 1.84 bits per heavy atom. The van der Waals surface area contributed by atoms with Gasteiger partial charge >= 0.3 is 12.1 Å². The third kappa shape index (κ3) is 6.52. The molecule has 0 unspecified atom stereocenters. The average Bonchev–Trinajstić information content (AvgIpc) is 2.94. The molecule has 2 aromatic rings. The van der Waals surface area contributed by atoms with Crippen molar-refractivity contribution in [3.05, 3.63) is 53.4 Å². The zero-order valence-electron chi connectivity index (χ0n) is 18.1. The van der Waals surface area contributed by atoms with Crippen LogP contribution in [0.15, 0.2) is 30.6 Å². The maximum atomic E-state index is 14.0. The van der Waals surface area contributed by atoms with Gasteiger partial charge in [0, 0.05) is 25.7 Å². The van der Waals surface area contributed by atoms with Crippen molar-refractivity contribution in [2.75, 3.05) is 13.6 Å². The molecule has 1 aliphatic heterocycles. The van der Waals surface area contributed by atoms with Gasteiger partial charge < -0.3 is 14.6 Å². The minimum Gasteiger partial charge on any atom is -0.475 e. The number of alkyl halides is 3. The Bertz CT molecular complexity index is 943. The quantitative estimate of drug-likeness (QED) is 0.710. The van der Waals surface area contributed by atoms with Crippen LogP contribution in [-0.2, 0) is 24.4 Å². The standard InChI is InChI=1S/C19H25FN4O.C2HF3O2/c1-14(2)22(3)11-17-18-12-23(9-6-10-24(18)13-21-17)19(25)15-7-4-5-8-16(15)20;3-2(4,5)1(6)7/h4-5,7-8,13-14H,6,9-12H2,1-3H3;(H,6,7). The summed E-state index contributed by atoms with van der Waals surface area (Å²) in [6.07, 6.45) is -2.39. The Kier molecular flexibility index (Phi) is 8.37. The average molecular weight is 458 g/mol. The molecular formula is C21H26F4N4O3. The minimum absolute atomic E-state index is 0.135. The molecule has 1 aliphatic rings. The zero-order valence-corrected chi connectivity index (χ0v) is 18.1. The Balaban J connectivity index is 0.000000451. The van der Waals surface area contributed by atoms with Crippen LogP contribution >= 0.6 is 0 Å². The lowest BCUT2D eigenvalue weighted by molar-refractivity contribution is -0.192. The highest BCUT2D eigenvalue weighted by atomic mass is 19.4. The van der Waals surface area contributed by atoms with E-state index < -0.39 is 18.0 Å².